The minimum atomic E-state index is 0. The van der Waals surface area contributed by atoms with Crippen molar-refractivity contribution in [2.75, 3.05) is 85.3 Å². The Morgan fingerprint density at radius 3 is 2.48 bits per heavy atom. The number of hydrogen-bond donors (Lipinski definition) is 1. The van der Waals surface area contributed by atoms with Gasteiger partial charge in [0.15, 0.2) is 5.96 Å². The van der Waals surface area contributed by atoms with Crippen molar-refractivity contribution in [1.29, 1.82) is 0 Å². The summed E-state index contributed by atoms with van der Waals surface area (Å²) in [6, 6.07) is 0. The molecule has 0 saturated carbocycles. The molecule has 0 aromatic rings. The fourth-order valence-corrected chi connectivity index (χ4v) is 3.75. The van der Waals surface area contributed by atoms with E-state index in [4.69, 9.17) is 14.5 Å². The van der Waals surface area contributed by atoms with E-state index in [2.05, 4.69) is 28.1 Å². The Bertz CT molecular complexity index is 558. The Balaban J connectivity index is 0.00000300. The van der Waals surface area contributed by atoms with E-state index in [-0.39, 0.29) is 29.9 Å². The van der Waals surface area contributed by atoms with Crippen LogP contribution in [0.2, 0.25) is 0 Å². The van der Waals surface area contributed by atoms with Crippen LogP contribution in [0.1, 0.15) is 19.8 Å². The van der Waals surface area contributed by atoms with Crippen LogP contribution in [0.4, 0.5) is 0 Å². The molecule has 0 radical (unpaired) electrons. The molecule has 0 aromatic heterocycles. The van der Waals surface area contributed by atoms with E-state index < -0.39 is 0 Å². The Kier molecular flexibility index (Phi) is 11.3. The summed E-state index contributed by atoms with van der Waals surface area (Å²) in [5, 5.41) is 3.42. The Morgan fingerprint density at radius 1 is 1.07 bits per heavy atom. The van der Waals surface area contributed by atoms with Crippen molar-refractivity contribution in [2.45, 2.75) is 19.8 Å². The van der Waals surface area contributed by atoms with Gasteiger partial charge in [-0.3, -0.25) is 14.7 Å². The summed E-state index contributed by atoms with van der Waals surface area (Å²) in [5.41, 5.74) is 1.46. The summed E-state index contributed by atoms with van der Waals surface area (Å²) < 4.78 is 10.7. The second-order valence-electron chi connectivity index (χ2n) is 7.43. The van der Waals surface area contributed by atoms with Crippen LogP contribution in [0.5, 0.6) is 0 Å². The second-order valence-corrected chi connectivity index (χ2v) is 7.43. The first-order chi connectivity index (χ1) is 13.8. The summed E-state index contributed by atoms with van der Waals surface area (Å²) in [5.74, 6) is 1.22. The Labute approximate surface area is 191 Å². The molecule has 2 fully saturated rings. The predicted molar refractivity (Wildman–Crippen MR) is 125 cm³/mol. The fraction of sp³-hybridized carbons (Fsp3) is 0.800. The number of nitrogens with one attached hydrogen (secondary N) is 1. The number of aliphatic imine (C=N–C) groups is 1. The number of hydrogen-bond acceptors (Lipinski definition) is 5. The largest absolute Gasteiger partial charge is 0.378 e. The van der Waals surface area contributed by atoms with Crippen molar-refractivity contribution >= 4 is 35.8 Å². The number of amides is 1. The smallest absolute Gasteiger partial charge is 0.236 e. The summed E-state index contributed by atoms with van der Waals surface area (Å²) in [7, 11) is 0. The fourth-order valence-electron chi connectivity index (χ4n) is 3.75. The SMILES string of the molecule is CCNC(=NCCC1=CCOCC1)N1CCN(CC(=O)N2CCOCC2)CC1.I. The third-order valence-electron chi connectivity index (χ3n) is 5.48. The van der Waals surface area contributed by atoms with Gasteiger partial charge in [-0.15, -0.1) is 24.0 Å². The molecule has 0 bridgehead atoms. The molecule has 0 unspecified atom stereocenters. The molecule has 9 heteroatoms. The summed E-state index contributed by atoms with van der Waals surface area (Å²) in [4.78, 5) is 23.8. The number of halogens is 1. The molecule has 0 aromatic carbocycles. The van der Waals surface area contributed by atoms with Crippen LogP contribution in [-0.4, -0.2) is 112 Å². The second kappa shape index (κ2) is 13.4. The van der Waals surface area contributed by atoms with Crippen molar-refractivity contribution in [3.63, 3.8) is 0 Å². The number of guanidine groups is 1. The van der Waals surface area contributed by atoms with Gasteiger partial charge in [-0.1, -0.05) is 11.6 Å². The molecule has 0 spiro atoms. The Morgan fingerprint density at radius 2 is 1.83 bits per heavy atom. The van der Waals surface area contributed by atoms with Crippen molar-refractivity contribution < 1.29 is 14.3 Å². The van der Waals surface area contributed by atoms with Gasteiger partial charge in [-0.25, -0.2) is 0 Å². The summed E-state index contributed by atoms with van der Waals surface area (Å²) >= 11 is 0. The highest BCUT2D eigenvalue weighted by molar-refractivity contribution is 14.0. The summed E-state index contributed by atoms with van der Waals surface area (Å²) in [6.07, 6.45) is 4.23. The number of nitrogens with zero attached hydrogens (tertiary/aromatic N) is 4. The molecule has 3 aliphatic heterocycles. The highest BCUT2D eigenvalue weighted by atomic mass is 127. The Hall–Kier alpha value is -0.910. The quantitative estimate of drug-likeness (QED) is 0.241. The average molecular weight is 521 g/mol. The van der Waals surface area contributed by atoms with Gasteiger partial charge in [0.2, 0.25) is 5.91 Å². The van der Waals surface area contributed by atoms with Gasteiger partial charge in [-0.05, 0) is 19.8 Å². The van der Waals surface area contributed by atoms with Gasteiger partial charge in [0, 0.05) is 52.4 Å². The van der Waals surface area contributed by atoms with Crippen LogP contribution >= 0.6 is 24.0 Å². The lowest BCUT2D eigenvalue weighted by Gasteiger charge is -2.37. The van der Waals surface area contributed by atoms with Crippen molar-refractivity contribution in [3.8, 4) is 0 Å². The van der Waals surface area contributed by atoms with Crippen molar-refractivity contribution in [3.05, 3.63) is 11.6 Å². The van der Waals surface area contributed by atoms with Crippen molar-refractivity contribution in [1.82, 2.24) is 20.0 Å². The lowest BCUT2D eigenvalue weighted by molar-refractivity contribution is -0.136. The third-order valence-corrected chi connectivity index (χ3v) is 5.48. The highest BCUT2D eigenvalue weighted by Crippen LogP contribution is 2.12. The standard InChI is InChI=1S/C20H35N5O3.HI/c1-2-21-20(22-6-3-18-4-13-27-14-5-18)25-9-7-23(8-10-25)17-19(26)24-11-15-28-16-12-24;/h4H,2-3,5-17H2,1H3,(H,21,22);1H. The molecular formula is C20H36IN5O3. The normalized spacial score (nSPS) is 21.4. The molecule has 29 heavy (non-hydrogen) atoms. The predicted octanol–water partition coefficient (Wildman–Crippen LogP) is 0.783. The minimum Gasteiger partial charge on any atom is -0.378 e. The van der Waals surface area contributed by atoms with Crippen molar-refractivity contribution in [2.24, 2.45) is 4.99 Å². The maximum absolute atomic E-state index is 12.4. The maximum atomic E-state index is 12.4. The van der Waals surface area contributed by atoms with Crippen LogP contribution in [-0.2, 0) is 14.3 Å². The molecule has 0 atom stereocenters. The molecule has 0 aliphatic carbocycles. The van der Waals surface area contributed by atoms with Gasteiger partial charge in [0.1, 0.15) is 0 Å². The van der Waals surface area contributed by atoms with E-state index in [9.17, 15) is 4.79 Å². The molecule has 166 valence electrons. The van der Waals surface area contributed by atoms with Crippen LogP contribution in [0.3, 0.4) is 0 Å². The molecule has 1 N–H and O–H groups in total. The van der Waals surface area contributed by atoms with E-state index in [1.165, 1.54) is 5.57 Å². The number of morpholine rings is 1. The van der Waals surface area contributed by atoms with E-state index >= 15 is 0 Å². The monoisotopic (exact) mass is 521 g/mol. The number of ether oxygens (including phenoxy) is 2. The number of carbonyl (C=O) groups excluding carboxylic acids is 1. The highest BCUT2D eigenvalue weighted by Gasteiger charge is 2.24. The van der Waals surface area contributed by atoms with Gasteiger partial charge < -0.3 is 24.6 Å². The molecule has 3 heterocycles. The first kappa shape index (κ1) is 24.4. The van der Waals surface area contributed by atoms with Gasteiger partial charge in [0.25, 0.3) is 0 Å². The summed E-state index contributed by atoms with van der Waals surface area (Å²) in [6.45, 7) is 12.2. The topological polar surface area (TPSA) is 69.6 Å². The van der Waals surface area contributed by atoms with E-state index in [1.54, 1.807) is 0 Å². The minimum absolute atomic E-state index is 0. The van der Waals surface area contributed by atoms with E-state index in [0.717, 1.165) is 84.4 Å². The number of rotatable bonds is 6. The van der Waals surface area contributed by atoms with Gasteiger partial charge in [0.05, 0.1) is 33.0 Å². The average Bonchev–Trinajstić information content (AvgIpc) is 2.75. The zero-order valence-corrected chi connectivity index (χ0v) is 19.9. The first-order valence-corrected chi connectivity index (χ1v) is 10.6. The van der Waals surface area contributed by atoms with Crippen LogP contribution < -0.4 is 5.32 Å². The molecule has 3 aliphatic rings. The molecule has 8 nitrogen and oxygen atoms in total. The zero-order chi connectivity index (χ0) is 19.6. The maximum Gasteiger partial charge on any atom is 0.236 e. The number of carbonyl (C=O) groups is 1. The van der Waals surface area contributed by atoms with Gasteiger partial charge >= 0.3 is 0 Å². The van der Waals surface area contributed by atoms with Crippen LogP contribution in [0.25, 0.3) is 0 Å². The van der Waals surface area contributed by atoms with E-state index in [0.29, 0.717) is 19.8 Å². The number of piperazine rings is 1. The van der Waals surface area contributed by atoms with E-state index in [1.807, 2.05) is 4.90 Å². The van der Waals surface area contributed by atoms with Gasteiger partial charge in [-0.2, -0.15) is 0 Å². The third kappa shape index (κ3) is 8.03. The lowest BCUT2D eigenvalue weighted by Crippen LogP contribution is -2.54. The zero-order valence-electron chi connectivity index (χ0n) is 17.6. The van der Waals surface area contributed by atoms with Crippen LogP contribution in [0.15, 0.2) is 16.6 Å². The molecule has 1 amide bonds. The molecular weight excluding hydrogens is 485 g/mol. The lowest BCUT2D eigenvalue weighted by atomic mass is 10.1. The molecule has 3 rings (SSSR count). The molecule has 2 saturated heterocycles. The first-order valence-electron chi connectivity index (χ1n) is 10.6. The van der Waals surface area contributed by atoms with Crippen LogP contribution in [0, 0.1) is 0 Å².